The zero-order chi connectivity index (χ0) is 20.6. The van der Waals surface area contributed by atoms with Crippen LogP contribution in [-0.4, -0.2) is 21.9 Å². The molecule has 0 radical (unpaired) electrons. The average Bonchev–Trinajstić information content (AvgIpc) is 2.64. The summed E-state index contributed by atoms with van der Waals surface area (Å²) in [6.45, 7) is 13.3. The van der Waals surface area contributed by atoms with Gasteiger partial charge in [0.05, 0.1) is 6.10 Å². The van der Waals surface area contributed by atoms with Gasteiger partial charge < -0.3 is 14.9 Å². The lowest BCUT2D eigenvalue weighted by molar-refractivity contribution is -0.0989. The molecule has 0 spiro atoms. The van der Waals surface area contributed by atoms with E-state index in [-0.39, 0.29) is 23.5 Å². The Morgan fingerprint density at radius 1 is 1.14 bits per heavy atom. The van der Waals surface area contributed by atoms with Crippen LogP contribution < -0.4 is 4.74 Å². The SMILES string of the molecule is CCCCCC(C)C(C)c1cc(O)c2c(c1)O[C@@]1(C(C)C)CC(O)[C@H](C)[C@@H]2C1. The van der Waals surface area contributed by atoms with Gasteiger partial charge in [0.25, 0.3) is 0 Å². The fourth-order valence-corrected chi connectivity index (χ4v) is 5.35. The van der Waals surface area contributed by atoms with Crippen molar-refractivity contribution in [2.24, 2.45) is 17.8 Å². The van der Waals surface area contributed by atoms with Gasteiger partial charge in [-0.3, -0.25) is 0 Å². The Morgan fingerprint density at radius 3 is 2.50 bits per heavy atom. The van der Waals surface area contributed by atoms with Crippen LogP contribution in [0.15, 0.2) is 12.1 Å². The molecule has 1 saturated carbocycles. The first-order valence-corrected chi connectivity index (χ1v) is 11.4. The van der Waals surface area contributed by atoms with Crippen molar-refractivity contribution in [1.29, 1.82) is 0 Å². The van der Waals surface area contributed by atoms with Crippen LogP contribution in [0.2, 0.25) is 0 Å². The maximum absolute atomic E-state index is 11.0. The molecule has 3 heteroatoms. The fraction of sp³-hybridized carbons (Fsp3) is 0.760. The minimum atomic E-state index is -0.383. The van der Waals surface area contributed by atoms with Crippen LogP contribution in [0.5, 0.6) is 11.5 Å². The van der Waals surface area contributed by atoms with Crippen LogP contribution in [0.1, 0.15) is 103 Å². The van der Waals surface area contributed by atoms with E-state index >= 15 is 0 Å². The van der Waals surface area contributed by atoms with E-state index in [2.05, 4.69) is 47.6 Å². The van der Waals surface area contributed by atoms with E-state index in [1.165, 1.54) is 31.2 Å². The van der Waals surface area contributed by atoms with Crippen LogP contribution >= 0.6 is 0 Å². The summed E-state index contributed by atoms with van der Waals surface area (Å²) < 4.78 is 6.60. The summed E-state index contributed by atoms with van der Waals surface area (Å²) in [5, 5.41) is 21.6. The molecule has 1 aliphatic carbocycles. The van der Waals surface area contributed by atoms with E-state index in [0.29, 0.717) is 29.9 Å². The third-order valence-corrected chi connectivity index (χ3v) is 7.88. The Bertz CT molecular complexity index is 683. The molecule has 158 valence electrons. The van der Waals surface area contributed by atoms with Gasteiger partial charge in [-0.25, -0.2) is 0 Å². The van der Waals surface area contributed by atoms with Crippen LogP contribution in [0.4, 0.5) is 0 Å². The fourth-order valence-electron chi connectivity index (χ4n) is 5.35. The second-order valence-corrected chi connectivity index (χ2v) is 9.98. The molecule has 0 saturated heterocycles. The third-order valence-electron chi connectivity index (χ3n) is 7.88. The zero-order valence-electron chi connectivity index (χ0n) is 18.7. The molecule has 3 nitrogen and oxygen atoms in total. The molecule has 0 amide bonds. The number of phenols is 1. The number of unbranched alkanes of at least 4 members (excludes halogenated alkanes) is 2. The van der Waals surface area contributed by atoms with E-state index in [9.17, 15) is 10.2 Å². The Morgan fingerprint density at radius 2 is 1.86 bits per heavy atom. The molecule has 3 rings (SSSR count). The van der Waals surface area contributed by atoms with Gasteiger partial charge in [0.2, 0.25) is 0 Å². The summed E-state index contributed by atoms with van der Waals surface area (Å²) in [7, 11) is 0. The van der Waals surface area contributed by atoms with Gasteiger partial charge in [-0.1, -0.05) is 67.2 Å². The summed E-state index contributed by atoms with van der Waals surface area (Å²) in [6.07, 6.45) is 6.19. The molecular formula is C25H40O3. The second-order valence-electron chi connectivity index (χ2n) is 9.98. The van der Waals surface area contributed by atoms with Gasteiger partial charge in [0.15, 0.2) is 0 Å². The number of aromatic hydroxyl groups is 1. The third kappa shape index (κ3) is 3.79. The molecule has 1 aromatic carbocycles. The molecule has 0 aromatic heterocycles. The molecule has 2 N–H and O–H groups in total. The smallest absolute Gasteiger partial charge is 0.127 e. The van der Waals surface area contributed by atoms with Crippen molar-refractivity contribution in [2.75, 3.05) is 0 Å². The maximum Gasteiger partial charge on any atom is 0.127 e. The monoisotopic (exact) mass is 388 g/mol. The van der Waals surface area contributed by atoms with E-state index in [0.717, 1.165) is 17.7 Å². The Balaban J connectivity index is 1.94. The zero-order valence-corrected chi connectivity index (χ0v) is 18.7. The predicted molar refractivity (Wildman–Crippen MR) is 115 cm³/mol. The lowest BCUT2D eigenvalue weighted by Gasteiger charge is -2.52. The van der Waals surface area contributed by atoms with Crippen LogP contribution in [0, 0.1) is 17.8 Å². The van der Waals surface area contributed by atoms with Crippen molar-refractivity contribution in [1.82, 2.24) is 0 Å². The second kappa shape index (κ2) is 8.26. The topological polar surface area (TPSA) is 49.7 Å². The van der Waals surface area contributed by atoms with Crippen molar-refractivity contribution in [2.45, 2.75) is 104 Å². The predicted octanol–water partition coefficient (Wildman–Crippen LogP) is 6.37. The Labute approximate surface area is 171 Å². The number of benzene rings is 1. The molecule has 1 fully saturated rings. The minimum Gasteiger partial charge on any atom is -0.508 e. The number of phenolic OH excluding ortho intramolecular Hbond substituents is 1. The molecule has 1 aromatic rings. The van der Waals surface area contributed by atoms with Crippen LogP contribution in [0.3, 0.4) is 0 Å². The number of ether oxygens (including phenoxy) is 1. The number of aliphatic hydroxyl groups excluding tert-OH is 1. The van der Waals surface area contributed by atoms with Gasteiger partial charge in [0, 0.05) is 12.0 Å². The number of fused-ring (bicyclic) bond motifs is 4. The van der Waals surface area contributed by atoms with Crippen molar-refractivity contribution in [3.63, 3.8) is 0 Å². The van der Waals surface area contributed by atoms with Crippen molar-refractivity contribution in [3.8, 4) is 11.5 Å². The van der Waals surface area contributed by atoms with Gasteiger partial charge in [-0.15, -0.1) is 0 Å². The molecule has 1 aliphatic heterocycles. The maximum atomic E-state index is 11.0. The van der Waals surface area contributed by atoms with Gasteiger partial charge in [0.1, 0.15) is 17.1 Å². The van der Waals surface area contributed by atoms with Crippen LogP contribution in [-0.2, 0) is 0 Å². The number of hydrogen-bond acceptors (Lipinski definition) is 3. The van der Waals surface area contributed by atoms with Crippen LogP contribution in [0.25, 0.3) is 0 Å². The molecule has 3 unspecified atom stereocenters. The first kappa shape index (κ1) is 21.5. The van der Waals surface area contributed by atoms with Gasteiger partial charge >= 0.3 is 0 Å². The minimum absolute atomic E-state index is 0.136. The van der Waals surface area contributed by atoms with Crippen molar-refractivity contribution < 1.29 is 14.9 Å². The lowest BCUT2D eigenvalue weighted by atomic mass is 9.63. The highest BCUT2D eigenvalue weighted by Gasteiger charge is 2.52. The molecule has 1 heterocycles. The van der Waals surface area contributed by atoms with Crippen molar-refractivity contribution in [3.05, 3.63) is 23.3 Å². The quantitative estimate of drug-likeness (QED) is 0.533. The van der Waals surface area contributed by atoms with Gasteiger partial charge in [-0.2, -0.15) is 0 Å². The number of hydrogen-bond donors (Lipinski definition) is 2. The first-order valence-electron chi connectivity index (χ1n) is 11.4. The first-order chi connectivity index (χ1) is 13.2. The highest BCUT2D eigenvalue weighted by atomic mass is 16.5. The Hall–Kier alpha value is -1.22. The summed E-state index contributed by atoms with van der Waals surface area (Å²) in [6, 6.07) is 4.14. The average molecular weight is 389 g/mol. The highest BCUT2D eigenvalue weighted by Crippen LogP contribution is 2.56. The molecule has 28 heavy (non-hydrogen) atoms. The number of rotatable bonds is 7. The molecular weight excluding hydrogens is 348 g/mol. The number of aliphatic hydroxyl groups is 1. The summed E-state index contributed by atoms with van der Waals surface area (Å²) in [5.74, 6) is 2.78. The standard InChI is InChI=1S/C25H40O3/c1-7-8-9-10-16(4)17(5)19-11-21(26)24-20-13-25(15(2)3,28-23(24)12-19)14-22(27)18(20)6/h11-12,15-18,20,22,26-27H,7-10,13-14H2,1-6H3/t16?,17?,18-,20+,22?,25-/m1/s1. The molecule has 6 atom stereocenters. The van der Waals surface area contributed by atoms with Crippen molar-refractivity contribution >= 4 is 0 Å². The van der Waals surface area contributed by atoms with E-state index < -0.39 is 0 Å². The summed E-state index contributed by atoms with van der Waals surface area (Å²) in [4.78, 5) is 0. The normalized spacial score (nSPS) is 31.2. The largest absolute Gasteiger partial charge is 0.508 e. The van der Waals surface area contributed by atoms with E-state index in [4.69, 9.17) is 4.74 Å². The summed E-state index contributed by atoms with van der Waals surface area (Å²) in [5.41, 5.74) is 1.76. The lowest BCUT2D eigenvalue weighted by Crippen LogP contribution is -2.54. The highest BCUT2D eigenvalue weighted by molar-refractivity contribution is 5.53. The molecule has 2 aliphatic rings. The molecule has 2 bridgehead atoms. The van der Waals surface area contributed by atoms with E-state index in [1.54, 1.807) is 0 Å². The van der Waals surface area contributed by atoms with E-state index in [1.807, 2.05) is 6.07 Å². The van der Waals surface area contributed by atoms with Gasteiger partial charge in [-0.05, 0) is 53.7 Å². The Kier molecular flexibility index (Phi) is 6.34. The summed E-state index contributed by atoms with van der Waals surface area (Å²) >= 11 is 0.